The molecule has 110 valence electrons. The first kappa shape index (κ1) is 14.8. The van der Waals surface area contributed by atoms with Gasteiger partial charge in [0.1, 0.15) is 0 Å². The molecular weight excluding hydrogens is 314 g/mol. The first-order chi connectivity index (χ1) is 10.8. The van der Waals surface area contributed by atoms with E-state index in [1.54, 1.807) is 17.6 Å². The zero-order chi connectivity index (χ0) is 15.4. The van der Waals surface area contributed by atoms with Crippen molar-refractivity contribution in [3.05, 3.63) is 81.1 Å². The Morgan fingerprint density at radius 3 is 2.55 bits per heavy atom. The monoisotopic (exact) mass is 327 g/mol. The number of rotatable bonds is 3. The molecule has 0 atom stereocenters. The summed E-state index contributed by atoms with van der Waals surface area (Å²) in [5.74, 6) is 0. The van der Waals surface area contributed by atoms with Crippen LogP contribution < -0.4 is 4.80 Å². The minimum absolute atomic E-state index is 0.666. The molecule has 0 bridgehead atoms. The van der Waals surface area contributed by atoms with Crippen molar-refractivity contribution in [1.82, 2.24) is 4.57 Å². The van der Waals surface area contributed by atoms with Crippen LogP contribution in [-0.2, 0) is 0 Å². The Morgan fingerprint density at radius 1 is 1.05 bits per heavy atom. The molecule has 0 spiro atoms. The molecule has 0 radical (unpaired) electrons. The number of aromatic nitrogens is 1. The molecule has 0 aliphatic heterocycles. The van der Waals surface area contributed by atoms with Gasteiger partial charge in [-0.15, -0.1) is 16.4 Å². The number of aryl methyl sites for hydroxylation is 1. The van der Waals surface area contributed by atoms with Gasteiger partial charge in [0, 0.05) is 27.3 Å². The van der Waals surface area contributed by atoms with Gasteiger partial charge in [0.25, 0.3) is 0 Å². The fourth-order valence-corrected chi connectivity index (χ4v) is 3.09. The first-order valence-electron chi connectivity index (χ1n) is 6.80. The van der Waals surface area contributed by atoms with Crippen molar-refractivity contribution in [2.24, 2.45) is 10.2 Å². The maximum atomic E-state index is 6.10. The molecule has 5 heteroatoms. The lowest BCUT2D eigenvalue weighted by Crippen LogP contribution is -2.13. The minimum atomic E-state index is 0.666. The van der Waals surface area contributed by atoms with Gasteiger partial charge >= 0.3 is 0 Å². The van der Waals surface area contributed by atoms with E-state index in [-0.39, 0.29) is 0 Å². The Bertz CT molecular complexity index is 863. The van der Waals surface area contributed by atoms with Crippen LogP contribution in [0.1, 0.15) is 11.3 Å². The molecule has 0 unspecified atom stereocenters. The number of para-hydroxylation sites is 1. The van der Waals surface area contributed by atoms with E-state index in [2.05, 4.69) is 39.2 Å². The van der Waals surface area contributed by atoms with Gasteiger partial charge in [-0.2, -0.15) is 5.10 Å². The van der Waals surface area contributed by atoms with Crippen LogP contribution in [0.15, 0.2) is 70.2 Å². The van der Waals surface area contributed by atoms with Gasteiger partial charge in [-0.3, -0.25) is 4.57 Å². The highest BCUT2D eigenvalue weighted by atomic mass is 35.5. The van der Waals surface area contributed by atoms with Crippen LogP contribution >= 0.6 is 22.9 Å². The number of thiazole rings is 1. The third-order valence-electron chi connectivity index (χ3n) is 3.14. The summed E-state index contributed by atoms with van der Waals surface area (Å²) in [6.07, 6.45) is 1.67. The Kier molecular flexibility index (Phi) is 4.51. The summed E-state index contributed by atoms with van der Waals surface area (Å²) >= 11 is 7.66. The van der Waals surface area contributed by atoms with Gasteiger partial charge in [0.05, 0.1) is 6.21 Å². The van der Waals surface area contributed by atoms with Gasteiger partial charge in [-0.1, -0.05) is 48.0 Å². The second-order valence-corrected chi connectivity index (χ2v) is 5.94. The predicted molar refractivity (Wildman–Crippen MR) is 93.0 cm³/mol. The number of halogens is 1. The average Bonchev–Trinajstić information content (AvgIpc) is 2.91. The predicted octanol–water partition coefficient (Wildman–Crippen LogP) is 4.44. The summed E-state index contributed by atoms with van der Waals surface area (Å²) in [5, 5.41) is 11.2. The highest BCUT2D eigenvalue weighted by molar-refractivity contribution is 7.07. The Hall–Kier alpha value is -2.17. The molecule has 3 aromatic rings. The summed E-state index contributed by atoms with van der Waals surface area (Å²) in [6.45, 7) is 2.06. The van der Waals surface area contributed by atoms with Crippen molar-refractivity contribution >= 4 is 29.2 Å². The van der Waals surface area contributed by atoms with Crippen molar-refractivity contribution < 1.29 is 0 Å². The number of hydrogen-bond acceptors (Lipinski definition) is 3. The normalized spacial score (nSPS) is 12.2. The van der Waals surface area contributed by atoms with E-state index in [9.17, 15) is 0 Å². The van der Waals surface area contributed by atoms with Crippen molar-refractivity contribution in [1.29, 1.82) is 0 Å². The van der Waals surface area contributed by atoms with Gasteiger partial charge in [0.15, 0.2) is 0 Å². The maximum Gasteiger partial charge on any atom is 0.215 e. The molecule has 0 saturated carbocycles. The van der Waals surface area contributed by atoms with E-state index in [0.29, 0.717) is 5.02 Å². The molecule has 2 aromatic carbocycles. The van der Waals surface area contributed by atoms with E-state index in [1.165, 1.54) is 0 Å². The van der Waals surface area contributed by atoms with Gasteiger partial charge in [-0.05, 0) is 25.1 Å². The molecule has 3 rings (SSSR count). The fourth-order valence-electron chi connectivity index (χ4n) is 2.07. The van der Waals surface area contributed by atoms with E-state index in [0.717, 1.165) is 21.7 Å². The van der Waals surface area contributed by atoms with Crippen LogP contribution in [0.25, 0.3) is 5.69 Å². The van der Waals surface area contributed by atoms with E-state index in [1.807, 2.05) is 42.5 Å². The zero-order valence-electron chi connectivity index (χ0n) is 12.0. The summed E-state index contributed by atoms with van der Waals surface area (Å²) < 4.78 is 2.08. The molecular formula is C17H14ClN3S. The Labute approximate surface area is 137 Å². The summed E-state index contributed by atoms with van der Waals surface area (Å²) in [6, 6.07) is 17.7. The first-order valence-corrected chi connectivity index (χ1v) is 8.05. The van der Waals surface area contributed by atoms with Gasteiger partial charge in [0.2, 0.25) is 4.80 Å². The zero-order valence-corrected chi connectivity index (χ0v) is 13.6. The van der Waals surface area contributed by atoms with Gasteiger partial charge in [-0.25, -0.2) is 0 Å². The largest absolute Gasteiger partial charge is 0.288 e. The quantitative estimate of drug-likeness (QED) is 0.503. The maximum absolute atomic E-state index is 6.10. The molecule has 0 fully saturated rings. The number of hydrogen-bond donors (Lipinski definition) is 0. The molecule has 0 aliphatic carbocycles. The minimum Gasteiger partial charge on any atom is -0.288 e. The Morgan fingerprint density at radius 2 is 1.77 bits per heavy atom. The molecule has 1 heterocycles. The molecule has 0 saturated heterocycles. The number of nitrogens with zero attached hydrogens (tertiary/aromatic N) is 3. The fraction of sp³-hybridized carbons (Fsp3) is 0.0588. The molecule has 1 aromatic heterocycles. The molecule has 22 heavy (non-hydrogen) atoms. The van der Waals surface area contributed by atoms with E-state index >= 15 is 0 Å². The van der Waals surface area contributed by atoms with Crippen LogP contribution in [0.2, 0.25) is 5.02 Å². The van der Waals surface area contributed by atoms with Crippen LogP contribution in [0.5, 0.6) is 0 Å². The summed E-state index contributed by atoms with van der Waals surface area (Å²) in [5.41, 5.74) is 3.06. The van der Waals surface area contributed by atoms with Crippen LogP contribution in [0.3, 0.4) is 0 Å². The van der Waals surface area contributed by atoms with Crippen molar-refractivity contribution in [2.75, 3.05) is 0 Å². The second kappa shape index (κ2) is 6.73. The summed E-state index contributed by atoms with van der Waals surface area (Å²) in [7, 11) is 0. The van der Waals surface area contributed by atoms with Crippen LogP contribution in [-0.4, -0.2) is 10.8 Å². The molecule has 0 N–H and O–H groups in total. The molecule has 3 nitrogen and oxygen atoms in total. The highest BCUT2D eigenvalue weighted by Crippen LogP contribution is 2.13. The van der Waals surface area contributed by atoms with Crippen LogP contribution in [0.4, 0.5) is 0 Å². The van der Waals surface area contributed by atoms with Crippen molar-refractivity contribution in [3.63, 3.8) is 0 Å². The topological polar surface area (TPSA) is 29.6 Å². The third-order valence-corrected chi connectivity index (χ3v) is 4.42. The van der Waals surface area contributed by atoms with E-state index in [4.69, 9.17) is 11.6 Å². The highest BCUT2D eigenvalue weighted by Gasteiger charge is 2.03. The standard InChI is InChI=1S/C17H14ClN3S/c1-13-12-22-17(21(13)15-8-3-2-4-9-15)20-19-11-14-7-5-6-10-16(14)18/h2-12H,1H3/b19-11+,20-17-. The average molecular weight is 328 g/mol. The van der Waals surface area contributed by atoms with Gasteiger partial charge < -0.3 is 0 Å². The van der Waals surface area contributed by atoms with Crippen molar-refractivity contribution in [3.8, 4) is 5.69 Å². The Balaban J connectivity index is 1.98. The second-order valence-electron chi connectivity index (χ2n) is 4.70. The lowest BCUT2D eigenvalue weighted by Gasteiger charge is -2.04. The van der Waals surface area contributed by atoms with E-state index < -0.39 is 0 Å². The third kappa shape index (κ3) is 3.18. The molecule has 0 amide bonds. The summed E-state index contributed by atoms with van der Waals surface area (Å²) in [4.78, 5) is 0.826. The smallest absolute Gasteiger partial charge is 0.215 e. The van der Waals surface area contributed by atoms with Crippen molar-refractivity contribution in [2.45, 2.75) is 6.92 Å². The lowest BCUT2D eigenvalue weighted by atomic mass is 10.2. The van der Waals surface area contributed by atoms with Crippen LogP contribution in [0, 0.1) is 6.92 Å². The SMILES string of the molecule is Cc1cs/c(=N\N=C\c2ccccc2Cl)n1-c1ccccc1. The molecule has 0 aliphatic rings. The lowest BCUT2D eigenvalue weighted by molar-refractivity contribution is 0.927. The number of benzene rings is 2.